The third-order valence-corrected chi connectivity index (χ3v) is 4.64. The molecule has 1 amide bonds. The highest BCUT2D eigenvalue weighted by Crippen LogP contribution is 2.46. The molecule has 1 aromatic heterocycles. The first-order valence-corrected chi connectivity index (χ1v) is 8.30. The quantitative estimate of drug-likeness (QED) is 0.829. The number of carbonyl (C=O) groups excluding carboxylic acids is 1. The maximum absolute atomic E-state index is 13.3. The molecule has 0 radical (unpaired) electrons. The summed E-state index contributed by atoms with van der Waals surface area (Å²) in [4.78, 5) is 14.8. The Morgan fingerprint density at radius 3 is 2.58 bits per heavy atom. The Balaban J connectivity index is 1.76. The fourth-order valence-corrected chi connectivity index (χ4v) is 3.21. The lowest BCUT2D eigenvalue weighted by Gasteiger charge is -2.25. The average molecular weight is 331 g/mol. The van der Waals surface area contributed by atoms with Crippen LogP contribution in [0.15, 0.2) is 30.5 Å². The summed E-state index contributed by atoms with van der Waals surface area (Å²) in [7, 11) is 1.56. The average Bonchev–Trinajstić information content (AvgIpc) is 3.46. The van der Waals surface area contributed by atoms with Crippen molar-refractivity contribution in [3.05, 3.63) is 47.3 Å². The molecule has 2 aromatic rings. The first-order valence-electron chi connectivity index (χ1n) is 8.30. The summed E-state index contributed by atoms with van der Waals surface area (Å²) < 4.78 is 27.8. The lowest BCUT2D eigenvalue weighted by atomic mass is 10.1. The van der Waals surface area contributed by atoms with E-state index in [2.05, 4.69) is 5.10 Å². The van der Waals surface area contributed by atoms with E-state index in [1.54, 1.807) is 11.9 Å². The lowest BCUT2D eigenvalue weighted by molar-refractivity contribution is 0.0970. The summed E-state index contributed by atoms with van der Waals surface area (Å²) in [6.07, 6.45) is 2.71. The van der Waals surface area contributed by atoms with Crippen molar-refractivity contribution in [1.29, 1.82) is 0 Å². The van der Waals surface area contributed by atoms with Gasteiger partial charge in [0.25, 0.3) is 12.3 Å². The fourth-order valence-electron chi connectivity index (χ4n) is 3.21. The van der Waals surface area contributed by atoms with Crippen LogP contribution < -0.4 is 4.90 Å². The predicted molar refractivity (Wildman–Crippen MR) is 86.4 cm³/mol. The second-order valence-electron chi connectivity index (χ2n) is 6.64. The van der Waals surface area contributed by atoms with Crippen LogP contribution in [0.25, 0.3) is 0 Å². The minimum absolute atomic E-state index is 0.00463. The molecule has 0 unspecified atom stereocenters. The number of hydrogen-bond acceptors (Lipinski definition) is 2. The van der Waals surface area contributed by atoms with Crippen molar-refractivity contribution in [1.82, 2.24) is 9.78 Å². The Morgan fingerprint density at radius 1 is 1.25 bits per heavy atom. The van der Waals surface area contributed by atoms with Gasteiger partial charge in [-0.1, -0.05) is 18.2 Å². The Kier molecular flexibility index (Phi) is 3.62. The summed E-state index contributed by atoms with van der Waals surface area (Å²) in [6, 6.07) is 7.96. The number of aryl methyl sites for hydroxylation is 1. The monoisotopic (exact) mass is 331 g/mol. The number of hydrogen-bond donors (Lipinski definition) is 0. The maximum atomic E-state index is 13.3. The summed E-state index contributed by atoms with van der Waals surface area (Å²) in [5, 5.41) is 3.78. The van der Waals surface area contributed by atoms with Crippen LogP contribution in [-0.2, 0) is 7.05 Å². The number of para-hydroxylation sites is 1. The number of amides is 1. The molecule has 1 aromatic carbocycles. The van der Waals surface area contributed by atoms with Gasteiger partial charge in [0.15, 0.2) is 0 Å². The molecule has 2 aliphatic rings. The zero-order chi connectivity index (χ0) is 16.8. The van der Waals surface area contributed by atoms with E-state index >= 15 is 0 Å². The van der Waals surface area contributed by atoms with E-state index in [0.29, 0.717) is 5.92 Å². The zero-order valence-corrected chi connectivity index (χ0v) is 13.5. The topological polar surface area (TPSA) is 38.1 Å². The van der Waals surface area contributed by atoms with Crippen LogP contribution in [-0.4, -0.2) is 21.7 Å². The zero-order valence-electron chi connectivity index (χ0n) is 13.5. The van der Waals surface area contributed by atoms with Crippen LogP contribution >= 0.6 is 0 Å². The molecule has 24 heavy (non-hydrogen) atoms. The van der Waals surface area contributed by atoms with Gasteiger partial charge in [-0.2, -0.15) is 5.10 Å². The molecule has 2 fully saturated rings. The molecule has 2 aliphatic carbocycles. The molecule has 2 saturated carbocycles. The Hall–Kier alpha value is -2.24. The molecule has 0 saturated heterocycles. The molecule has 126 valence electrons. The van der Waals surface area contributed by atoms with Crippen LogP contribution in [0, 0.1) is 0 Å². The van der Waals surface area contributed by atoms with E-state index in [1.807, 2.05) is 24.3 Å². The van der Waals surface area contributed by atoms with Crippen molar-refractivity contribution in [2.24, 2.45) is 7.05 Å². The second kappa shape index (κ2) is 5.69. The molecule has 0 spiro atoms. The Morgan fingerprint density at radius 2 is 1.96 bits per heavy atom. The number of anilines is 1. The second-order valence-corrected chi connectivity index (χ2v) is 6.64. The lowest BCUT2D eigenvalue weighted by Crippen LogP contribution is -2.34. The minimum atomic E-state index is -2.76. The highest BCUT2D eigenvalue weighted by molar-refractivity contribution is 6.08. The van der Waals surface area contributed by atoms with Gasteiger partial charge < -0.3 is 4.90 Å². The molecule has 0 atom stereocenters. The number of nitrogens with zero attached hydrogens (tertiary/aromatic N) is 3. The standard InChI is InChI=1S/C18H19F2N3O/c1-22-10-14(16(21-22)17(19)20)18(24)23(12-8-9-12)15-5-3-2-4-13(15)11-6-7-11/h2-5,10-12,17H,6-9H2,1H3. The highest BCUT2D eigenvalue weighted by atomic mass is 19.3. The molecule has 0 N–H and O–H groups in total. The van der Waals surface area contributed by atoms with Gasteiger partial charge >= 0.3 is 0 Å². The van der Waals surface area contributed by atoms with Gasteiger partial charge in [-0.05, 0) is 43.2 Å². The molecule has 6 heteroatoms. The van der Waals surface area contributed by atoms with Crippen molar-refractivity contribution in [2.75, 3.05) is 4.90 Å². The summed E-state index contributed by atoms with van der Waals surface area (Å²) in [5.74, 6) is 0.118. The fraction of sp³-hybridized carbons (Fsp3) is 0.444. The minimum Gasteiger partial charge on any atom is -0.305 e. The van der Waals surface area contributed by atoms with Gasteiger partial charge in [0.2, 0.25) is 0 Å². The van der Waals surface area contributed by atoms with Crippen LogP contribution in [0.3, 0.4) is 0 Å². The van der Waals surface area contributed by atoms with Gasteiger partial charge in [-0.15, -0.1) is 0 Å². The van der Waals surface area contributed by atoms with Crippen LogP contribution in [0.4, 0.5) is 14.5 Å². The van der Waals surface area contributed by atoms with Gasteiger partial charge in [0, 0.05) is 25.0 Å². The number of alkyl halides is 2. The smallest absolute Gasteiger partial charge is 0.282 e. The van der Waals surface area contributed by atoms with E-state index < -0.39 is 12.1 Å². The summed E-state index contributed by atoms with van der Waals surface area (Å²) >= 11 is 0. The maximum Gasteiger partial charge on any atom is 0.282 e. The summed E-state index contributed by atoms with van der Waals surface area (Å²) in [5.41, 5.74) is 1.60. The van der Waals surface area contributed by atoms with E-state index in [1.165, 1.54) is 10.9 Å². The summed E-state index contributed by atoms with van der Waals surface area (Å²) in [6.45, 7) is 0. The first kappa shape index (κ1) is 15.3. The Labute approximate surface area is 139 Å². The number of carbonyl (C=O) groups is 1. The van der Waals surface area contributed by atoms with E-state index in [9.17, 15) is 13.6 Å². The number of halogens is 2. The molecular formula is C18H19F2N3O. The van der Waals surface area contributed by atoms with Gasteiger partial charge in [0.1, 0.15) is 5.69 Å². The normalized spacial score (nSPS) is 17.3. The van der Waals surface area contributed by atoms with E-state index in [-0.39, 0.29) is 17.5 Å². The van der Waals surface area contributed by atoms with Crippen LogP contribution in [0.1, 0.15) is 59.6 Å². The van der Waals surface area contributed by atoms with Crippen molar-refractivity contribution < 1.29 is 13.6 Å². The molecule has 4 nitrogen and oxygen atoms in total. The van der Waals surface area contributed by atoms with Gasteiger partial charge in [-0.25, -0.2) is 8.78 Å². The number of rotatable bonds is 5. The molecule has 4 rings (SSSR count). The third kappa shape index (κ3) is 2.70. The van der Waals surface area contributed by atoms with Crippen molar-refractivity contribution in [3.8, 4) is 0 Å². The van der Waals surface area contributed by atoms with E-state index in [4.69, 9.17) is 0 Å². The molecular weight excluding hydrogens is 312 g/mol. The SMILES string of the molecule is Cn1cc(C(=O)N(c2ccccc2C2CC2)C2CC2)c(C(F)F)n1. The predicted octanol–water partition coefficient (Wildman–Crippen LogP) is 4.04. The van der Waals surface area contributed by atoms with E-state index in [0.717, 1.165) is 36.9 Å². The largest absolute Gasteiger partial charge is 0.305 e. The van der Waals surface area contributed by atoms with Crippen LogP contribution in [0.5, 0.6) is 0 Å². The first-order chi connectivity index (χ1) is 11.6. The Bertz CT molecular complexity index is 778. The van der Waals surface area contributed by atoms with Crippen molar-refractivity contribution >= 4 is 11.6 Å². The van der Waals surface area contributed by atoms with Crippen LogP contribution in [0.2, 0.25) is 0 Å². The van der Waals surface area contributed by atoms with Gasteiger partial charge in [0.05, 0.1) is 5.56 Å². The third-order valence-electron chi connectivity index (χ3n) is 4.64. The van der Waals surface area contributed by atoms with Crippen molar-refractivity contribution in [2.45, 2.75) is 44.1 Å². The highest BCUT2D eigenvalue weighted by Gasteiger charge is 2.39. The molecule has 0 aliphatic heterocycles. The molecule has 0 bridgehead atoms. The van der Waals surface area contributed by atoms with Gasteiger partial charge in [-0.3, -0.25) is 9.48 Å². The number of aromatic nitrogens is 2. The molecule has 1 heterocycles. The van der Waals surface area contributed by atoms with Crippen molar-refractivity contribution in [3.63, 3.8) is 0 Å². The number of benzene rings is 1.